The number of Topliss-reactive ketones (excluding diaryl/α,β-unsaturated/α-hetero) is 1. The van der Waals surface area contributed by atoms with Gasteiger partial charge in [0.05, 0.1) is 12.7 Å². The van der Waals surface area contributed by atoms with E-state index in [-0.39, 0.29) is 12.2 Å². The van der Waals surface area contributed by atoms with E-state index in [2.05, 4.69) is 9.59 Å². The molecule has 0 fully saturated rings. The summed E-state index contributed by atoms with van der Waals surface area (Å²) < 4.78 is 8.65. The highest BCUT2D eigenvalue weighted by Gasteiger charge is 2.10. The number of nitrogens with zero attached hydrogens (tertiary/aromatic N) is 2. The Balaban J connectivity index is 2.08. The minimum absolute atomic E-state index is 0.0660. The van der Waals surface area contributed by atoms with Gasteiger partial charge in [-0.3, -0.25) is 4.79 Å². The van der Waals surface area contributed by atoms with Crippen LogP contribution in [0.4, 0.5) is 0 Å². The molecule has 0 aliphatic heterocycles. The maximum Gasteiger partial charge on any atom is 0.191 e. The zero-order valence-electron chi connectivity index (χ0n) is 6.64. The summed E-state index contributed by atoms with van der Waals surface area (Å²) in [7, 11) is 0. The molecule has 0 spiro atoms. The molecule has 0 bridgehead atoms. The molecular weight excluding hydrogens is 188 g/mol. The zero-order valence-corrected chi connectivity index (χ0v) is 7.45. The Bertz CT molecular complexity index is 380. The highest BCUT2D eigenvalue weighted by Crippen LogP contribution is 2.06. The van der Waals surface area contributed by atoms with E-state index in [0.717, 1.165) is 0 Å². The van der Waals surface area contributed by atoms with E-state index in [4.69, 9.17) is 4.42 Å². The fourth-order valence-electron chi connectivity index (χ4n) is 0.948. The van der Waals surface area contributed by atoms with Crippen molar-refractivity contribution in [3.05, 3.63) is 35.2 Å². The minimum atomic E-state index is -0.0660. The number of hydrogen-bond acceptors (Lipinski definition) is 5. The van der Waals surface area contributed by atoms with Crippen LogP contribution in [0.5, 0.6) is 0 Å². The number of rotatable bonds is 3. The minimum Gasteiger partial charge on any atom is -0.469 e. The van der Waals surface area contributed by atoms with Crippen molar-refractivity contribution in [2.75, 3.05) is 0 Å². The normalized spacial score (nSPS) is 10.2. The van der Waals surface area contributed by atoms with E-state index < -0.39 is 0 Å². The average Bonchev–Trinajstić information content (AvgIpc) is 2.74. The second kappa shape index (κ2) is 3.49. The summed E-state index contributed by atoms with van der Waals surface area (Å²) in [5, 5.41) is 5.30. The molecule has 0 radical (unpaired) electrons. The van der Waals surface area contributed by atoms with Crippen molar-refractivity contribution in [1.82, 2.24) is 9.59 Å². The summed E-state index contributed by atoms with van der Waals surface area (Å²) in [5.74, 6) is 0.585. The Hall–Kier alpha value is -1.49. The van der Waals surface area contributed by atoms with Crippen LogP contribution in [-0.4, -0.2) is 15.4 Å². The molecule has 0 atom stereocenters. The van der Waals surface area contributed by atoms with Gasteiger partial charge in [0.2, 0.25) is 0 Å². The van der Waals surface area contributed by atoms with E-state index in [1.165, 1.54) is 11.5 Å². The van der Waals surface area contributed by atoms with Gasteiger partial charge in [0.1, 0.15) is 11.5 Å². The van der Waals surface area contributed by atoms with Crippen molar-refractivity contribution in [2.45, 2.75) is 6.42 Å². The highest BCUT2D eigenvalue weighted by atomic mass is 32.1. The summed E-state index contributed by atoms with van der Waals surface area (Å²) in [6, 6.07) is 3.51. The second-order valence-corrected chi connectivity index (χ2v) is 3.08. The average molecular weight is 194 g/mol. The molecular formula is C8H6N2O2S. The third-order valence-electron chi connectivity index (χ3n) is 1.56. The van der Waals surface area contributed by atoms with Crippen LogP contribution in [0.3, 0.4) is 0 Å². The molecule has 13 heavy (non-hydrogen) atoms. The van der Waals surface area contributed by atoms with Crippen LogP contribution >= 0.6 is 11.5 Å². The van der Waals surface area contributed by atoms with E-state index >= 15 is 0 Å². The van der Waals surface area contributed by atoms with Gasteiger partial charge in [-0.25, -0.2) is 0 Å². The number of carbonyl (C=O) groups is 1. The third kappa shape index (κ3) is 1.81. The van der Waals surface area contributed by atoms with Crippen molar-refractivity contribution in [3.63, 3.8) is 0 Å². The van der Waals surface area contributed by atoms with Gasteiger partial charge in [0.15, 0.2) is 5.78 Å². The topological polar surface area (TPSA) is 56.0 Å². The van der Waals surface area contributed by atoms with Crippen LogP contribution in [0.25, 0.3) is 0 Å². The molecule has 2 aromatic heterocycles. The molecule has 0 aliphatic rings. The van der Waals surface area contributed by atoms with Gasteiger partial charge in [0.25, 0.3) is 0 Å². The molecule has 0 N–H and O–H groups in total. The predicted octanol–water partition coefficient (Wildman–Crippen LogP) is 1.56. The Morgan fingerprint density at radius 1 is 1.62 bits per heavy atom. The lowest BCUT2D eigenvalue weighted by Gasteiger charge is -1.91. The lowest BCUT2D eigenvalue weighted by molar-refractivity contribution is 0.0982. The maximum atomic E-state index is 11.4. The molecule has 2 heterocycles. The quantitative estimate of drug-likeness (QED) is 0.696. The molecule has 5 heteroatoms. The van der Waals surface area contributed by atoms with Gasteiger partial charge >= 0.3 is 0 Å². The Kier molecular flexibility index (Phi) is 2.18. The van der Waals surface area contributed by atoms with Gasteiger partial charge < -0.3 is 4.42 Å². The number of furan rings is 1. The molecule has 2 aromatic rings. The summed E-state index contributed by atoms with van der Waals surface area (Å²) in [4.78, 5) is 11.4. The first-order valence-electron chi connectivity index (χ1n) is 3.69. The summed E-state index contributed by atoms with van der Waals surface area (Å²) in [6.07, 6.45) is 1.79. The van der Waals surface area contributed by atoms with Crippen LogP contribution < -0.4 is 0 Å². The van der Waals surface area contributed by atoms with Crippen molar-refractivity contribution in [1.29, 1.82) is 0 Å². The number of aromatic nitrogens is 2. The molecule has 4 nitrogen and oxygen atoms in total. The Labute approximate surface area is 78.4 Å². The second-order valence-electron chi connectivity index (χ2n) is 2.47. The summed E-state index contributed by atoms with van der Waals surface area (Å²) >= 11 is 1.17. The SMILES string of the molecule is O=C(Cc1ccco1)c1csnn1. The van der Waals surface area contributed by atoms with Crippen molar-refractivity contribution in [3.8, 4) is 0 Å². The number of hydrogen-bond donors (Lipinski definition) is 0. The fourth-order valence-corrected chi connectivity index (χ4v) is 1.41. The van der Waals surface area contributed by atoms with Crippen LogP contribution in [0.15, 0.2) is 28.2 Å². The van der Waals surface area contributed by atoms with Crippen LogP contribution in [-0.2, 0) is 6.42 Å². The van der Waals surface area contributed by atoms with Gasteiger partial charge in [-0.2, -0.15) is 0 Å². The molecule has 0 saturated heterocycles. The molecule has 66 valence electrons. The number of ketones is 1. The van der Waals surface area contributed by atoms with E-state index in [1.54, 1.807) is 23.8 Å². The Morgan fingerprint density at radius 2 is 2.54 bits per heavy atom. The third-order valence-corrected chi connectivity index (χ3v) is 2.07. The standard InChI is InChI=1S/C8H6N2O2S/c11-8(7-5-13-10-9-7)4-6-2-1-3-12-6/h1-3,5H,4H2. The lowest BCUT2D eigenvalue weighted by Crippen LogP contribution is -2.02. The molecule has 2 rings (SSSR count). The monoisotopic (exact) mass is 194 g/mol. The Morgan fingerprint density at radius 3 is 3.15 bits per heavy atom. The largest absolute Gasteiger partial charge is 0.469 e. The summed E-state index contributed by atoms with van der Waals surface area (Å²) in [6.45, 7) is 0. The molecule has 0 amide bonds. The van der Waals surface area contributed by atoms with Gasteiger partial charge in [-0.15, -0.1) is 5.10 Å². The van der Waals surface area contributed by atoms with E-state index in [0.29, 0.717) is 11.5 Å². The van der Waals surface area contributed by atoms with Crippen molar-refractivity contribution >= 4 is 17.3 Å². The zero-order chi connectivity index (χ0) is 9.10. The fraction of sp³-hybridized carbons (Fsp3) is 0.125. The van der Waals surface area contributed by atoms with Crippen LogP contribution in [0, 0.1) is 0 Å². The lowest BCUT2D eigenvalue weighted by atomic mass is 10.2. The van der Waals surface area contributed by atoms with Crippen LogP contribution in [0.2, 0.25) is 0 Å². The van der Waals surface area contributed by atoms with Gasteiger partial charge in [-0.05, 0) is 23.7 Å². The molecule has 0 aromatic carbocycles. The molecule has 0 unspecified atom stereocenters. The van der Waals surface area contributed by atoms with Gasteiger partial charge in [-0.1, -0.05) is 4.49 Å². The first-order chi connectivity index (χ1) is 6.36. The van der Waals surface area contributed by atoms with Crippen molar-refractivity contribution in [2.24, 2.45) is 0 Å². The van der Waals surface area contributed by atoms with Crippen LogP contribution in [0.1, 0.15) is 16.2 Å². The first kappa shape index (κ1) is 8.12. The first-order valence-corrected chi connectivity index (χ1v) is 4.52. The van der Waals surface area contributed by atoms with Crippen molar-refractivity contribution < 1.29 is 9.21 Å². The number of carbonyl (C=O) groups excluding carboxylic acids is 1. The predicted molar refractivity (Wildman–Crippen MR) is 46.7 cm³/mol. The van der Waals surface area contributed by atoms with E-state index in [1.807, 2.05) is 0 Å². The molecule has 0 saturated carbocycles. The van der Waals surface area contributed by atoms with E-state index in [9.17, 15) is 4.79 Å². The smallest absolute Gasteiger partial charge is 0.191 e. The van der Waals surface area contributed by atoms with Gasteiger partial charge in [0, 0.05) is 5.38 Å². The maximum absolute atomic E-state index is 11.4. The highest BCUT2D eigenvalue weighted by molar-refractivity contribution is 7.03. The molecule has 0 aliphatic carbocycles. The summed E-state index contributed by atoms with van der Waals surface area (Å²) in [5.41, 5.74) is 0.404.